The number of halogens is 1. The number of nitrogens with zero attached hydrogens (tertiary/aromatic N) is 2. The molecule has 2 heterocycles. The molecule has 0 radical (unpaired) electrons. The van der Waals surface area contributed by atoms with Crippen molar-refractivity contribution >= 4 is 28.9 Å². The Bertz CT molecular complexity index is 743. The fraction of sp³-hybridized carbons (Fsp3) is 0.368. The van der Waals surface area contributed by atoms with Crippen molar-refractivity contribution in [3.63, 3.8) is 0 Å². The number of anilines is 2. The highest BCUT2D eigenvalue weighted by atomic mass is 35.5. The monoisotopic (exact) mass is 359 g/mol. The molecule has 1 amide bonds. The van der Waals surface area contributed by atoms with E-state index in [-0.39, 0.29) is 5.91 Å². The summed E-state index contributed by atoms with van der Waals surface area (Å²) in [5.74, 6) is 0.671. The Hall–Kier alpha value is -2.27. The Labute approximate surface area is 153 Å². The number of rotatable bonds is 4. The lowest BCUT2D eigenvalue weighted by atomic mass is 10.2. The van der Waals surface area contributed by atoms with E-state index >= 15 is 0 Å². The average molecular weight is 360 g/mol. The first-order valence-corrected chi connectivity index (χ1v) is 8.91. The summed E-state index contributed by atoms with van der Waals surface area (Å²) in [5.41, 5.74) is 1.97. The van der Waals surface area contributed by atoms with Gasteiger partial charge < -0.3 is 15.0 Å². The highest BCUT2D eigenvalue weighted by Gasteiger charge is 2.18. The van der Waals surface area contributed by atoms with Gasteiger partial charge in [0.25, 0.3) is 5.91 Å². The van der Waals surface area contributed by atoms with Crippen molar-refractivity contribution in [2.75, 3.05) is 25.5 Å². The maximum absolute atomic E-state index is 12.7. The van der Waals surface area contributed by atoms with Crippen LogP contribution in [0.15, 0.2) is 36.5 Å². The Kier molecular flexibility index (Phi) is 5.76. The summed E-state index contributed by atoms with van der Waals surface area (Å²) in [6.45, 7) is 1.61. The number of carbonyl (C=O) groups is 1. The van der Waals surface area contributed by atoms with Crippen LogP contribution in [0.1, 0.15) is 36.2 Å². The van der Waals surface area contributed by atoms with Crippen LogP contribution in [-0.2, 0) is 0 Å². The Balaban J connectivity index is 1.79. The summed E-state index contributed by atoms with van der Waals surface area (Å²) >= 11 is 6.07. The minimum Gasteiger partial charge on any atom is -0.495 e. The minimum absolute atomic E-state index is 0.0105. The van der Waals surface area contributed by atoms with Gasteiger partial charge in [0.1, 0.15) is 11.4 Å². The number of carbonyl (C=O) groups excluding carboxylic acids is 1. The van der Waals surface area contributed by atoms with Gasteiger partial charge in [-0.1, -0.05) is 24.4 Å². The molecule has 2 aromatic rings. The van der Waals surface area contributed by atoms with Crippen molar-refractivity contribution in [3.05, 3.63) is 47.2 Å². The molecule has 1 aromatic heterocycles. The van der Waals surface area contributed by atoms with Crippen LogP contribution in [0.5, 0.6) is 5.75 Å². The van der Waals surface area contributed by atoms with E-state index < -0.39 is 0 Å². The zero-order valence-corrected chi connectivity index (χ0v) is 15.1. The second-order valence-corrected chi connectivity index (χ2v) is 6.54. The maximum atomic E-state index is 12.7. The molecule has 1 fully saturated rings. The predicted octanol–water partition coefficient (Wildman–Crippen LogP) is 4.50. The highest BCUT2D eigenvalue weighted by molar-refractivity contribution is 6.31. The Morgan fingerprint density at radius 2 is 1.92 bits per heavy atom. The third-order valence-electron chi connectivity index (χ3n) is 4.31. The van der Waals surface area contributed by atoms with Gasteiger partial charge in [-0.05, 0) is 43.2 Å². The second kappa shape index (κ2) is 8.21. The van der Waals surface area contributed by atoms with E-state index in [1.165, 1.54) is 12.8 Å². The molecule has 1 aliphatic heterocycles. The molecular formula is C19H22ClN3O2. The number of pyridine rings is 1. The fourth-order valence-corrected chi connectivity index (χ4v) is 3.17. The molecule has 0 atom stereocenters. The van der Waals surface area contributed by atoms with Gasteiger partial charge in [-0.3, -0.25) is 9.78 Å². The smallest absolute Gasteiger partial charge is 0.272 e. The van der Waals surface area contributed by atoms with Crippen molar-refractivity contribution in [1.82, 2.24) is 9.88 Å². The van der Waals surface area contributed by atoms with Gasteiger partial charge in [0, 0.05) is 30.0 Å². The molecule has 0 unspecified atom stereocenters. The maximum Gasteiger partial charge on any atom is 0.272 e. The molecule has 1 aliphatic rings. The Morgan fingerprint density at radius 1 is 1.16 bits per heavy atom. The van der Waals surface area contributed by atoms with E-state index in [1.807, 2.05) is 11.0 Å². The lowest BCUT2D eigenvalue weighted by Gasteiger charge is -2.20. The third kappa shape index (κ3) is 4.42. The first-order chi connectivity index (χ1) is 12.2. The summed E-state index contributed by atoms with van der Waals surface area (Å²) < 4.78 is 5.35. The van der Waals surface area contributed by atoms with Gasteiger partial charge >= 0.3 is 0 Å². The summed E-state index contributed by atoms with van der Waals surface area (Å²) in [6.07, 6.45) is 6.14. The van der Waals surface area contributed by atoms with E-state index in [0.717, 1.165) is 37.3 Å². The Morgan fingerprint density at radius 3 is 2.64 bits per heavy atom. The number of likely N-dealkylation sites (tertiary alicyclic amines) is 1. The first kappa shape index (κ1) is 17.5. The molecule has 1 aromatic carbocycles. The van der Waals surface area contributed by atoms with Gasteiger partial charge in [0.15, 0.2) is 0 Å². The highest BCUT2D eigenvalue weighted by Crippen LogP contribution is 2.30. The number of hydrogen-bond acceptors (Lipinski definition) is 4. The standard InChI is InChI=1S/C19H22ClN3O2/c1-25-18-7-6-14(20)12-16(18)22-15-8-9-21-17(13-15)19(24)23-10-4-2-3-5-11-23/h6-9,12-13H,2-5,10-11H2,1H3,(H,21,22). The van der Waals surface area contributed by atoms with Gasteiger partial charge in [0.2, 0.25) is 0 Å². The number of methoxy groups -OCH3 is 1. The predicted molar refractivity (Wildman–Crippen MR) is 99.9 cm³/mol. The van der Waals surface area contributed by atoms with Gasteiger partial charge in [-0.2, -0.15) is 0 Å². The fourth-order valence-electron chi connectivity index (χ4n) is 2.99. The van der Waals surface area contributed by atoms with Crippen LogP contribution in [0.2, 0.25) is 5.02 Å². The van der Waals surface area contributed by atoms with Gasteiger partial charge in [-0.25, -0.2) is 0 Å². The van der Waals surface area contributed by atoms with Crippen LogP contribution in [0, 0.1) is 0 Å². The quantitative estimate of drug-likeness (QED) is 0.873. The molecule has 132 valence electrons. The molecule has 0 saturated carbocycles. The zero-order valence-electron chi connectivity index (χ0n) is 14.3. The van der Waals surface area contributed by atoms with E-state index in [4.69, 9.17) is 16.3 Å². The van der Waals surface area contributed by atoms with Crippen molar-refractivity contribution in [2.24, 2.45) is 0 Å². The molecule has 0 spiro atoms. The van der Waals surface area contributed by atoms with Crippen LogP contribution >= 0.6 is 11.6 Å². The molecule has 3 rings (SSSR count). The average Bonchev–Trinajstić information content (AvgIpc) is 2.91. The van der Waals surface area contributed by atoms with Crippen molar-refractivity contribution in [2.45, 2.75) is 25.7 Å². The van der Waals surface area contributed by atoms with E-state index in [0.29, 0.717) is 16.5 Å². The molecule has 25 heavy (non-hydrogen) atoms. The van der Waals surface area contributed by atoms with Gasteiger partial charge in [-0.15, -0.1) is 0 Å². The van der Waals surface area contributed by atoms with Crippen LogP contribution < -0.4 is 10.1 Å². The lowest BCUT2D eigenvalue weighted by molar-refractivity contribution is 0.0756. The van der Waals surface area contributed by atoms with E-state index in [2.05, 4.69) is 10.3 Å². The molecular weight excluding hydrogens is 338 g/mol. The molecule has 1 saturated heterocycles. The van der Waals surface area contributed by atoms with Crippen LogP contribution in [-0.4, -0.2) is 36.0 Å². The normalized spacial score (nSPS) is 14.7. The van der Waals surface area contributed by atoms with Crippen molar-refractivity contribution in [1.29, 1.82) is 0 Å². The number of benzene rings is 1. The lowest BCUT2D eigenvalue weighted by Crippen LogP contribution is -2.32. The molecule has 1 N–H and O–H groups in total. The molecule has 0 bridgehead atoms. The third-order valence-corrected chi connectivity index (χ3v) is 4.55. The van der Waals surface area contributed by atoms with Crippen LogP contribution in [0.3, 0.4) is 0 Å². The van der Waals surface area contributed by atoms with Crippen molar-refractivity contribution < 1.29 is 9.53 Å². The minimum atomic E-state index is -0.0105. The molecule has 0 aliphatic carbocycles. The zero-order chi connectivity index (χ0) is 17.6. The van der Waals surface area contributed by atoms with Crippen LogP contribution in [0.25, 0.3) is 0 Å². The summed E-state index contributed by atoms with van der Waals surface area (Å²) in [4.78, 5) is 18.9. The van der Waals surface area contributed by atoms with E-state index in [1.54, 1.807) is 37.6 Å². The van der Waals surface area contributed by atoms with Gasteiger partial charge in [0.05, 0.1) is 12.8 Å². The number of ether oxygens (including phenoxy) is 1. The largest absolute Gasteiger partial charge is 0.495 e. The number of nitrogens with one attached hydrogen (secondary N) is 1. The summed E-state index contributed by atoms with van der Waals surface area (Å²) in [6, 6.07) is 8.95. The van der Waals surface area contributed by atoms with Crippen molar-refractivity contribution in [3.8, 4) is 5.75 Å². The number of hydrogen-bond donors (Lipinski definition) is 1. The van der Waals surface area contributed by atoms with Crippen LogP contribution in [0.4, 0.5) is 11.4 Å². The molecule has 6 heteroatoms. The number of amides is 1. The number of aromatic nitrogens is 1. The topological polar surface area (TPSA) is 54.5 Å². The first-order valence-electron chi connectivity index (χ1n) is 8.53. The summed E-state index contributed by atoms with van der Waals surface area (Å²) in [5, 5.41) is 3.86. The molecule has 5 nitrogen and oxygen atoms in total. The second-order valence-electron chi connectivity index (χ2n) is 6.11. The SMILES string of the molecule is COc1ccc(Cl)cc1Nc1ccnc(C(=O)N2CCCCCC2)c1. The van der Waals surface area contributed by atoms with E-state index in [9.17, 15) is 4.79 Å². The summed E-state index contributed by atoms with van der Waals surface area (Å²) in [7, 11) is 1.61.